The number of rotatable bonds is 4. The second-order valence-corrected chi connectivity index (χ2v) is 3.02. The van der Waals surface area contributed by atoms with Crippen LogP contribution in [0.15, 0.2) is 30.3 Å². The Morgan fingerprint density at radius 1 is 1.21 bits per heavy atom. The first kappa shape index (κ1) is 10.2. The molecule has 0 aliphatic carbocycles. The van der Waals surface area contributed by atoms with Crippen molar-refractivity contribution in [3.63, 3.8) is 0 Å². The summed E-state index contributed by atoms with van der Waals surface area (Å²) in [5.41, 5.74) is 6.28. The normalized spacial score (nSPS) is 9.43. The lowest BCUT2D eigenvalue weighted by atomic mass is 10.2. The molecule has 0 unspecified atom stereocenters. The summed E-state index contributed by atoms with van der Waals surface area (Å²) in [6, 6.07) is 9.81. The third-order valence-corrected chi connectivity index (χ3v) is 1.72. The predicted octanol–water partition coefficient (Wildman–Crippen LogP) is 1.08. The highest BCUT2D eigenvalue weighted by molar-refractivity contribution is 5.98. The quantitative estimate of drug-likeness (QED) is 0.423. The molecule has 14 heavy (non-hydrogen) atoms. The Hall–Kier alpha value is -1.84. The van der Waals surface area contributed by atoms with Crippen LogP contribution in [0.1, 0.15) is 12.0 Å². The largest absolute Gasteiger partial charge is 0.387 e. The third kappa shape index (κ3) is 3.71. The number of hydrogen-bond acceptors (Lipinski definition) is 2. The molecule has 1 rings (SSSR count). The Morgan fingerprint density at radius 2 is 1.86 bits per heavy atom. The number of benzene rings is 1. The summed E-state index contributed by atoms with van der Waals surface area (Å²) in [7, 11) is 0. The molecule has 1 aromatic carbocycles. The highest BCUT2D eigenvalue weighted by atomic mass is 14.9. The fraction of sp³-hybridized carbons (Fsp3) is 0.200. The first-order valence-electron chi connectivity index (χ1n) is 4.36. The van der Waals surface area contributed by atoms with Crippen molar-refractivity contribution < 1.29 is 0 Å². The van der Waals surface area contributed by atoms with Gasteiger partial charge in [-0.1, -0.05) is 30.3 Å². The van der Waals surface area contributed by atoms with Crippen LogP contribution < -0.4 is 11.1 Å². The average molecular weight is 190 g/mol. The van der Waals surface area contributed by atoms with Crippen molar-refractivity contribution in [2.75, 3.05) is 0 Å². The van der Waals surface area contributed by atoms with Crippen LogP contribution in [0.3, 0.4) is 0 Å². The molecule has 4 heteroatoms. The van der Waals surface area contributed by atoms with Crippen molar-refractivity contribution in [2.24, 2.45) is 5.73 Å². The summed E-state index contributed by atoms with van der Waals surface area (Å²) in [5.74, 6) is 0.289. The van der Waals surface area contributed by atoms with Gasteiger partial charge in [-0.05, 0) is 5.56 Å². The maximum Gasteiger partial charge on any atom is 0.101 e. The second kappa shape index (κ2) is 5.01. The van der Waals surface area contributed by atoms with Gasteiger partial charge >= 0.3 is 0 Å². The van der Waals surface area contributed by atoms with Gasteiger partial charge in [0.15, 0.2) is 0 Å². The SMILES string of the molecule is N=C(N)CC(=N)NCc1ccccc1. The molecule has 0 spiro atoms. The molecule has 74 valence electrons. The average Bonchev–Trinajstić information content (AvgIpc) is 2.15. The molecule has 0 fully saturated rings. The zero-order chi connectivity index (χ0) is 10.4. The topological polar surface area (TPSA) is 85.8 Å². The van der Waals surface area contributed by atoms with Crippen molar-refractivity contribution in [1.82, 2.24) is 5.32 Å². The Bertz CT molecular complexity index is 318. The molecule has 4 nitrogen and oxygen atoms in total. The fourth-order valence-electron chi connectivity index (χ4n) is 1.06. The van der Waals surface area contributed by atoms with Gasteiger partial charge in [0.2, 0.25) is 0 Å². The van der Waals surface area contributed by atoms with Crippen LogP contribution >= 0.6 is 0 Å². The van der Waals surface area contributed by atoms with Gasteiger partial charge in [-0.3, -0.25) is 10.8 Å². The molecule has 0 saturated carbocycles. The van der Waals surface area contributed by atoms with E-state index < -0.39 is 0 Å². The monoisotopic (exact) mass is 190 g/mol. The van der Waals surface area contributed by atoms with E-state index in [9.17, 15) is 0 Å². The van der Waals surface area contributed by atoms with Gasteiger partial charge in [-0.2, -0.15) is 0 Å². The minimum Gasteiger partial charge on any atom is -0.387 e. The van der Waals surface area contributed by atoms with Gasteiger partial charge in [-0.15, -0.1) is 0 Å². The number of hydrogen-bond donors (Lipinski definition) is 4. The molecular formula is C10H14N4. The van der Waals surface area contributed by atoms with Crippen LogP contribution in [0.2, 0.25) is 0 Å². The van der Waals surface area contributed by atoms with E-state index in [0.717, 1.165) is 5.56 Å². The Labute approximate surface area is 83.2 Å². The highest BCUT2D eigenvalue weighted by Crippen LogP contribution is 1.97. The second-order valence-electron chi connectivity index (χ2n) is 3.02. The lowest BCUT2D eigenvalue weighted by Crippen LogP contribution is -2.27. The summed E-state index contributed by atoms with van der Waals surface area (Å²) in [6.45, 7) is 0.604. The van der Waals surface area contributed by atoms with Crippen molar-refractivity contribution >= 4 is 11.7 Å². The molecule has 0 atom stereocenters. The van der Waals surface area contributed by atoms with E-state index in [4.69, 9.17) is 16.6 Å². The number of amidine groups is 2. The van der Waals surface area contributed by atoms with Crippen molar-refractivity contribution in [1.29, 1.82) is 10.8 Å². The van der Waals surface area contributed by atoms with E-state index in [0.29, 0.717) is 6.54 Å². The van der Waals surface area contributed by atoms with Gasteiger partial charge in [0, 0.05) is 6.54 Å². The van der Waals surface area contributed by atoms with E-state index in [-0.39, 0.29) is 18.1 Å². The summed E-state index contributed by atoms with van der Waals surface area (Å²) in [6.07, 6.45) is 0.187. The fourth-order valence-corrected chi connectivity index (χ4v) is 1.06. The molecule has 5 N–H and O–H groups in total. The van der Waals surface area contributed by atoms with Crippen molar-refractivity contribution in [2.45, 2.75) is 13.0 Å². The summed E-state index contributed by atoms with van der Waals surface area (Å²) >= 11 is 0. The molecular weight excluding hydrogens is 176 g/mol. The lowest BCUT2D eigenvalue weighted by molar-refractivity contribution is 0.893. The van der Waals surface area contributed by atoms with Gasteiger partial charge in [0.25, 0.3) is 0 Å². The van der Waals surface area contributed by atoms with Gasteiger partial charge < -0.3 is 11.1 Å². The number of nitrogens with one attached hydrogen (secondary N) is 3. The number of nitrogens with two attached hydrogens (primary N) is 1. The standard InChI is InChI=1S/C10H14N4/c11-9(12)6-10(13)14-7-8-4-2-1-3-5-8/h1-5H,6-7H2,(H3,11,12)(H2,13,14). The van der Waals surface area contributed by atoms with E-state index in [1.165, 1.54) is 0 Å². The van der Waals surface area contributed by atoms with E-state index >= 15 is 0 Å². The van der Waals surface area contributed by atoms with Gasteiger partial charge in [-0.25, -0.2) is 0 Å². The zero-order valence-corrected chi connectivity index (χ0v) is 7.88. The summed E-state index contributed by atoms with van der Waals surface area (Å²) in [4.78, 5) is 0. The molecule has 0 aromatic heterocycles. The molecule has 0 radical (unpaired) electrons. The van der Waals surface area contributed by atoms with E-state index in [1.807, 2.05) is 30.3 Å². The molecule has 0 aliphatic heterocycles. The maximum atomic E-state index is 7.44. The van der Waals surface area contributed by atoms with Crippen LogP contribution in [0.4, 0.5) is 0 Å². The Morgan fingerprint density at radius 3 is 2.43 bits per heavy atom. The van der Waals surface area contributed by atoms with Crippen LogP contribution in [0.25, 0.3) is 0 Å². The Kier molecular flexibility index (Phi) is 3.67. The highest BCUT2D eigenvalue weighted by Gasteiger charge is 1.98. The van der Waals surface area contributed by atoms with E-state index in [2.05, 4.69) is 5.32 Å². The molecule has 0 heterocycles. The van der Waals surface area contributed by atoms with Gasteiger partial charge in [0.05, 0.1) is 12.3 Å². The molecule has 0 amide bonds. The molecule has 0 bridgehead atoms. The summed E-state index contributed by atoms with van der Waals surface area (Å²) in [5, 5.41) is 17.3. The van der Waals surface area contributed by atoms with Crippen LogP contribution in [0, 0.1) is 10.8 Å². The van der Waals surface area contributed by atoms with E-state index in [1.54, 1.807) is 0 Å². The molecule has 0 aliphatic rings. The predicted molar refractivity (Wildman–Crippen MR) is 57.5 cm³/mol. The van der Waals surface area contributed by atoms with Crippen LogP contribution in [0.5, 0.6) is 0 Å². The van der Waals surface area contributed by atoms with Gasteiger partial charge in [0.1, 0.15) is 5.84 Å². The first-order chi connectivity index (χ1) is 6.68. The van der Waals surface area contributed by atoms with Crippen LogP contribution in [-0.2, 0) is 6.54 Å². The molecule has 1 aromatic rings. The summed E-state index contributed by atoms with van der Waals surface area (Å²) < 4.78 is 0. The molecule has 0 saturated heterocycles. The zero-order valence-electron chi connectivity index (χ0n) is 7.88. The van der Waals surface area contributed by atoms with Crippen LogP contribution in [-0.4, -0.2) is 11.7 Å². The maximum absolute atomic E-state index is 7.44. The minimum atomic E-state index is 0.00978. The third-order valence-electron chi connectivity index (χ3n) is 1.72. The Balaban J connectivity index is 2.34. The lowest BCUT2D eigenvalue weighted by Gasteiger charge is -2.06. The minimum absolute atomic E-state index is 0.00978. The first-order valence-corrected chi connectivity index (χ1v) is 4.36. The van der Waals surface area contributed by atoms with Crippen molar-refractivity contribution in [3.8, 4) is 0 Å². The smallest absolute Gasteiger partial charge is 0.101 e. The van der Waals surface area contributed by atoms with Crippen molar-refractivity contribution in [3.05, 3.63) is 35.9 Å².